The van der Waals surface area contributed by atoms with E-state index in [2.05, 4.69) is 228 Å². The van der Waals surface area contributed by atoms with Crippen LogP contribution in [0, 0.1) is 6.92 Å². The quantitative estimate of drug-likeness (QED) is 0.120. The Balaban J connectivity index is 1.39. The number of para-hydroxylation sites is 2. The average molecular weight is 819 g/mol. The zero-order valence-corrected chi connectivity index (χ0v) is 35.0. The molecule has 0 aromatic heterocycles. The largest absolute Gasteiger partial charge is 0.317 e. The van der Waals surface area contributed by atoms with Gasteiger partial charge in [-0.1, -0.05) is 174 Å². The van der Waals surface area contributed by atoms with Crippen LogP contribution in [0.3, 0.4) is 0 Å². The van der Waals surface area contributed by atoms with Gasteiger partial charge in [0.15, 0.2) is 0 Å². The first-order chi connectivity index (χ1) is 29.4. The van der Waals surface area contributed by atoms with Crippen LogP contribution < -0.4 is 14.7 Å². The molecule has 0 N–H and O–H groups in total. The zero-order chi connectivity index (χ0) is 40.9. The molecule has 0 radical (unpaired) electrons. The van der Waals surface area contributed by atoms with Crippen LogP contribution in [0.15, 0.2) is 231 Å². The normalized spacial score (nSPS) is 18.3. The predicted octanol–water partition coefficient (Wildman–Crippen LogP) is 15.3. The molecule has 7 aromatic carbocycles. The molecule has 60 heavy (non-hydrogen) atoms. The molecule has 5 heteroatoms. The molecule has 2 unspecified atom stereocenters. The number of anilines is 5. The molecule has 0 saturated carbocycles. The van der Waals surface area contributed by atoms with E-state index < -0.39 is 11.3 Å². The van der Waals surface area contributed by atoms with Crippen molar-refractivity contribution < 1.29 is 0 Å². The molecule has 0 fully saturated rings. The molecule has 2 aliphatic rings. The number of rotatable bonds is 11. The first kappa shape index (κ1) is 39.0. The molecular formula is C55H45Cl2N3. The summed E-state index contributed by atoms with van der Waals surface area (Å²) in [6.45, 7) is 2.15. The minimum atomic E-state index is -0.881. The molecule has 0 spiro atoms. The van der Waals surface area contributed by atoms with E-state index in [1.54, 1.807) is 0 Å². The molecule has 3 nitrogen and oxygen atoms in total. The van der Waals surface area contributed by atoms with E-state index in [4.69, 9.17) is 23.2 Å². The third-order valence-electron chi connectivity index (χ3n) is 11.5. The van der Waals surface area contributed by atoms with E-state index in [-0.39, 0.29) is 0 Å². The van der Waals surface area contributed by atoms with Crippen molar-refractivity contribution in [2.24, 2.45) is 0 Å². The lowest BCUT2D eigenvalue weighted by Crippen LogP contribution is -2.71. The van der Waals surface area contributed by atoms with Gasteiger partial charge in [-0.25, -0.2) is 0 Å². The lowest BCUT2D eigenvalue weighted by Gasteiger charge is -2.61. The van der Waals surface area contributed by atoms with E-state index >= 15 is 0 Å². The maximum absolute atomic E-state index is 6.94. The summed E-state index contributed by atoms with van der Waals surface area (Å²) >= 11 is 13.9. The van der Waals surface area contributed by atoms with Crippen molar-refractivity contribution >= 4 is 62.8 Å². The Hall–Kier alpha value is -6.52. The van der Waals surface area contributed by atoms with Gasteiger partial charge in [0.1, 0.15) is 11.3 Å². The Morgan fingerprint density at radius 1 is 0.400 bits per heavy atom. The summed E-state index contributed by atoms with van der Waals surface area (Å²) in [6.07, 6.45) is 15.5. The van der Waals surface area contributed by atoms with Crippen molar-refractivity contribution in [2.75, 3.05) is 14.7 Å². The topological polar surface area (TPSA) is 9.72 Å². The molecule has 0 saturated heterocycles. The van der Waals surface area contributed by atoms with Gasteiger partial charge in [0.05, 0.1) is 0 Å². The monoisotopic (exact) mass is 817 g/mol. The van der Waals surface area contributed by atoms with Crippen molar-refractivity contribution in [1.82, 2.24) is 0 Å². The smallest absolute Gasteiger partial charge is 0.142 e. The number of hydrogen-bond acceptors (Lipinski definition) is 3. The summed E-state index contributed by atoms with van der Waals surface area (Å²) in [4.78, 5) is 7.59. The van der Waals surface area contributed by atoms with Gasteiger partial charge in [-0.05, 0) is 114 Å². The van der Waals surface area contributed by atoms with Crippen LogP contribution in [0.25, 0.3) is 11.1 Å². The lowest BCUT2D eigenvalue weighted by molar-refractivity contribution is 0.362. The van der Waals surface area contributed by atoms with Gasteiger partial charge in [0, 0.05) is 51.3 Å². The second-order valence-corrected chi connectivity index (χ2v) is 16.2. The van der Waals surface area contributed by atoms with E-state index in [0.29, 0.717) is 22.9 Å². The maximum atomic E-state index is 6.94. The number of benzene rings is 7. The lowest BCUT2D eigenvalue weighted by atomic mass is 9.82. The Labute approximate surface area is 364 Å². The van der Waals surface area contributed by atoms with Crippen LogP contribution in [0.1, 0.15) is 29.5 Å². The molecule has 2 aliphatic carbocycles. The highest BCUT2D eigenvalue weighted by Gasteiger charge is 2.54. The highest BCUT2D eigenvalue weighted by molar-refractivity contribution is 6.31. The Kier molecular flexibility index (Phi) is 11.0. The van der Waals surface area contributed by atoms with Crippen LogP contribution in [0.5, 0.6) is 0 Å². The highest BCUT2D eigenvalue weighted by Crippen LogP contribution is 2.52. The fraction of sp³-hybridized carbons (Fsp3) is 0.0909. The Morgan fingerprint density at radius 3 is 1.15 bits per heavy atom. The first-order valence-corrected chi connectivity index (χ1v) is 21.2. The SMILES string of the molecule is Cc1ccc(N(C2(N(c3ccccc3)c3cccc(Cl)c3)C=CC(c3ccccc3)=CC2)C2(N(c3ccccc3)c3cccc(Cl)c3)C=CC(c3ccccc3)=CC2)cc1. The number of halogens is 2. The fourth-order valence-electron chi connectivity index (χ4n) is 8.84. The third kappa shape index (κ3) is 7.59. The van der Waals surface area contributed by atoms with Crippen molar-refractivity contribution in [3.05, 3.63) is 257 Å². The maximum Gasteiger partial charge on any atom is 0.142 e. The molecular weight excluding hydrogens is 774 g/mol. The summed E-state index contributed by atoms with van der Waals surface area (Å²) < 4.78 is 0. The minimum Gasteiger partial charge on any atom is -0.317 e. The van der Waals surface area contributed by atoms with Crippen molar-refractivity contribution in [1.29, 1.82) is 0 Å². The van der Waals surface area contributed by atoms with Crippen LogP contribution in [0.4, 0.5) is 28.4 Å². The number of nitrogens with zero attached hydrogens (tertiary/aromatic N) is 3. The molecule has 7 aromatic rings. The summed E-state index contributed by atoms with van der Waals surface area (Å²) in [7, 11) is 0. The predicted molar refractivity (Wildman–Crippen MR) is 256 cm³/mol. The van der Waals surface area contributed by atoms with E-state index in [0.717, 1.165) is 28.4 Å². The zero-order valence-electron chi connectivity index (χ0n) is 33.5. The van der Waals surface area contributed by atoms with E-state index in [1.165, 1.54) is 27.8 Å². The molecule has 2 atom stereocenters. The summed E-state index contributed by atoms with van der Waals surface area (Å²) in [5.74, 6) is 0. The molecule has 0 amide bonds. The molecule has 294 valence electrons. The standard InChI is InChI=1S/C55H45Cl2N3/c1-42-28-30-51(31-29-42)60(54(36-32-45(33-37-54)43-16-6-2-7-17-43)58(49-22-10-4-11-23-49)52-26-14-20-47(56)40-52)55(38-34-46(35-39-55)44-18-8-3-9-19-44)59(50-24-12-5-13-25-50)53-27-15-21-48(57)41-53/h2-36,38,40-41H,37,39H2,1H3. The highest BCUT2D eigenvalue weighted by atomic mass is 35.5. The van der Waals surface area contributed by atoms with Crippen molar-refractivity contribution in [3.63, 3.8) is 0 Å². The second kappa shape index (κ2) is 17.0. The molecule has 0 aliphatic heterocycles. The van der Waals surface area contributed by atoms with Gasteiger partial charge in [-0.3, -0.25) is 0 Å². The number of aryl methyl sites for hydroxylation is 1. The van der Waals surface area contributed by atoms with Crippen LogP contribution >= 0.6 is 23.2 Å². The van der Waals surface area contributed by atoms with Gasteiger partial charge >= 0.3 is 0 Å². The number of hydrogen-bond donors (Lipinski definition) is 0. The first-order valence-electron chi connectivity index (χ1n) is 20.4. The van der Waals surface area contributed by atoms with Crippen LogP contribution in [-0.2, 0) is 0 Å². The fourth-order valence-corrected chi connectivity index (χ4v) is 9.21. The molecule has 0 bridgehead atoms. The minimum absolute atomic E-state index is 0.617. The van der Waals surface area contributed by atoms with Gasteiger partial charge in [0.2, 0.25) is 0 Å². The molecule has 0 heterocycles. The van der Waals surface area contributed by atoms with Gasteiger partial charge in [0.25, 0.3) is 0 Å². The summed E-state index contributed by atoms with van der Waals surface area (Å²) in [6, 6.07) is 68.2. The van der Waals surface area contributed by atoms with Gasteiger partial charge < -0.3 is 14.7 Å². The van der Waals surface area contributed by atoms with Crippen molar-refractivity contribution in [3.8, 4) is 0 Å². The van der Waals surface area contributed by atoms with Gasteiger partial charge in [-0.2, -0.15) is 0 Å². The van der Waals surface area contributed by atoms with Crippen LogP contribution in [0.2, 0.25) is 10.0 Å². The third-order valence-corrected chi connectivity index (χ3v) is 12.0. The Bertz CT molecular complexity index is 2530. The average Bonchev–Trinajstić information content (AvgIpc) is 3.29. The van der Waals surface area contributed by atoms with E-state index in [1.807, 2.05) is 24.3 Å². The summed E-state index contributed by atoms with van der Waals surface area (Å²) in [5.41, 5.74) is 9.15. The molecule has 9 rings (SSSR count). The van der Waals surface area contributed by atoms with Gasteiger partial charge in [-0.15, -0.1) is 0 Å². The van der Waals surface area contributed by atoms with E-state index in [9.17, 15) is 0 Å². The summed E-state index contributed by atoms with van der Waals surface area (Å²) in [5, 5.41) is 1.33. The van der Waals surface area contributed by atoms with Crippen LogP contribution in [-0.4, -0.2) is 11.3 Å². The number of allylic oxidation sites excluding steroid dienone is 4. The van der Waals surface area contributed by atoms with Crippen molar-refractivity contribution in [2.45, 2.75) is 31.1 Å². The Morgan fingerprint density at radius 2 is 0.783 bits per heavy atom. The second-order valence-electron chi connectivity index (χ2n) is 15.4.